The van der Waals surface area contributed by atoms with E-state index in [2.05, 4.69) is 26.0 Å². The maximum absolute atomic E-state index is 11.4. The van der Waals surface area contributed by atoms with Crippen LogP contribution in [0, 0.1) is 6.92 Å². The van der Waals surface area contributed by atoms with Crippen molar-refractivity contribution in [1.82, 2.24) is 0 Å². The van der Waals surface area contributed by atoms with Crippen LogP contribution in [0.5, 0.6) is 0 Å². The van der Waals surface area contributed by atoms with Crippen molar-refractivity contribution in [1.29, 1.82) is 0 Å². The number of carbonyl (C=O) groups is 2. The lowest BCUT2D eigenvalue weighted by atomic mass is 9.91. The van der Waals surface area contributed by atoms with Crippen LogP contribution in [0.3, 0.4) is 0 Å². The summed E-state index contributed by atoms with van der Waals surface area (Å²) >= 11 is 0. The van der Waals surface area contributed by atoms with Crippen LogP contribution >= 0.6 is 0 Å². The van der Waals surface area contributed by atoms with Gasteiger partial charge in [-0.1, -0.05) is 38.1 Å². The highest BCUT2D eigenvalue weighted by Gasteiger charge is 2.11. The van der Waals surface area contributed by atoms with Crippen molar-refractivity contribution in [2.24, 2.45) is 0 Å². The lowest BCUT2D eigenvalue weighted by Crippen LogP contribution is -2.00. The first kappa shape index (κ1) is 16.4. The molecule has 20 heavy (non-hydrogen) atoms. The molecule has 108 valence electrons. The summed E-state index contributed by atoms with van der Waals surface area (Å²) in [6, 6.07) is 4.12. The highest BCUT2D eigenvalue weighted by Crippen LogP contribution is 2.25. The summed E-state index contributed by atoms with van der Waals surface area (Å²) in [5.41, 5.74) is 4.07. The topological polar surface area (TPSA) is 34.1 Å². The van der Waals surface area contributed by atoms with E-state index >= 15 is 0 Å². The van der Waals surface area contributed by atoms with Crippen LogP contribution < -0.4 is 0 Å². The van der Waals surface area contributed by atoms with E-state index in [4.69, 9.17) is 0 Å². The third-order valence-corrected chi connectivity index (χ3v) is 3.51. The molecule has 0 fully saturated rings. The largest absolute Gasteiger partial charge is 0.303 e. The lowest BCUT2D eigenvalue weighted by molar-refractivity contribution is -0.107. The first-order chi connectivity index (χ1) is 9.61. The Bertz CT molecular complexity index is 484. The molecule has 0 heterocycles. The van der Waals surface area contributed by atoms with Gasteiger partial charge in [0.2, 0.25) is 0 Å². The summed E-state index contributed by atoms with van der Waals surface area (Å²) in [6.07, 6.45) is 9.59. The third kappa shape index (κ3) is 4.44. The van der Waals surface area contributed by atoms with E-state index in [1.54, 1.807) is 0 Å². The fraction of sp³-hybridized carbons (Fsp3) is 0.444. The Kier molecular flexibility index (Phi) is 6.92. The van der Waals surface area contributed by atoms with Crippen molar-refractivity contribution in [3.05, 3.63) is 40.5 Å². The van der Waals surface area contributed by atoms with Crippen LogP contribution in [0.4, 0.5) is 0 Å². The first-order valence-electron chi connectivity index (χ1n) is 7.30. The molecule has 2 nitrogen and oxygen atoms in total. The summed E-state index contributed by atoms with van der Waals surface area (Å²) < 4.78 is 0. The number of aldehydes is 2. The Hall–Kier alpha value is -1.70. The van der Waals surface area contributed by atoms with Crippen LogP contribution in [0.2, 0.25) is 0 Å². The molecule has 0 saturated heterocycles. The van der Waals surface area contributed by atoms with E-state index in [1.165, 1.54) is 0 Å². The van der Waals surface area contributed by atoms with Gasteiger partial charge in [-0.25, -0.2) is 0 Å². The van der Waals surface area contributed by atoms with Gasteiger partial charge in [0.05, 0.1) is 0 Å². The number of unbranched alkanes of at least 4 members (excludes halogenated alkanes) is 3. The molecule has 0 radical (unpaired) electrons. The Labute approximate surface area is 121 Å². The van der Waals surface area contributed by atoms with Gasteiger partial charge in [-0.3, -0.25) is 4.79 Å². The molecular formula is C18H24O2. The molecule has 0 atom stereocenters. The van der Waals surface area contributed by atoms with Crippen LogP contribution in [0.25, 0.3) is 6.08 Å². The predicted octanol–water partition coefficient (Wildman–Crippen LogP) is 4.70. The number of carbonyl (C=O) groups excluding carboxylic acids is 2. The minimum atomic E-state index is 0.343. The second-order valence-electron chi connectivity index (χ2n) is 5.43. The van der Waals surface area contributed by atoms with Crippen molar-refractivity contribution in [2.75, 3.05) is 0 Å². The number of hydrogen-bond acceptors (Lipinski definition) is 2. The van der Waals surface area contributed by atoms with E-state index in [9.17, 15) is 9.59 Å². The summed E-state index contributed by atoms with van der Waals surface area (Å²) in [5.74, 6) is 0.343. The second kappa shape index (κ2) is 8.47. The standard InChI is InChI=1S/C18H24O2/c1-14(2)16-11-10-15(3)17(18(16)13-20)9-7-5-4-6-8-12-19/h7,9-14H,4-6,8H2,1-3H3/b9-7-. The monoisotopic (exact) mass is 272 g/mol. The van der Waals surface area contributed by atoms with Crippen molar-refractivity contribution >= 4 is 18.6 Å². The number of hydrogen-bond donors (Lipinski definition) is 0. The van der Waals surface area contributed by atoms with Gasteiger partial charge in [0.15, 0.2) is 6.29 Å². The molecule has 0 aliphatic rings. The molecule has 0 amide bonds. The van der Waals surface area contributed by atoms with Crippen molar-refractivity contribution < 1.29 is 9.59 Å². The minimum absolute atomic E-state index is 0.343. The van der Waals surface area contributed by atoms with Gasteiger partial charge in [-0.05, 0) is 48.8 Å². The summed E-state index contributed by atoms with van der Waals surface area (Å²) in [5, 5.41) is 0. The zero-order chi connectivity index (χ0) is 15.0. The molecule has 0 aliphatic carbocycles. The van der Waals surface area contributed by atoms with Gasteiger partial charge in [0.1, 0.15) is 6.29 Å². The summed E-state index contributed by atoms with van der Waals surface area (Å²) in [7, 11) is 0. The predicted molar refractivity (Wildman–Crippen MR) is 84.2 cm³/mol. The normalized spacial score (nSPS) is 11.2. The lowest BCUT2D eigenvalue weighted by Gasteiger charge is -2.13. The molecule has 1 aromatic rings. The fourth-order valence-corrected chi connectivity index (χ4v) is 2.31. The molecular weight excluding hydrogens is 248 g/mol. The summed E-state index contributed by atoms with van der Waals surface area (Å²) in [6.45, 7) is 6.23. The number of benzene rings is 1. The molecule has 0 bridgehead atoms. The third-order valence-electron chi connectivity index (χ3n) is 3.51. The van der Waals surface area contributed by atoms with E-state index in [-0.39, 0.29) is 0 Å². The maximum Gasteiger partial charge on any atom is 0.150 e. The Morgan fingerprint density at radius 3 is 2.35 bits per heavy atom. The first-order valence-corrected chi connectivity index (χ1v) is 7.30. The zero-order valence-corrected chi connectivity index (χ0v) is 12.7. The fourth-order valence-electron chi connectivity index (χ4n) is 2.31. The molecule has 1 aromatic carbocycles. The molecule has 0 aliphatic heterocycles. The highest BCUT2D eigenvalue weighted by molar-refractivity contribution is 5.85. The molecule has 0 N–H and O–H groups in total. The van der Waals surface area contributed by atoms with Gasteiger partial charge in [0.25, 0.3) is 0 Å². The second-order valence-corrected chi connectivity index (χ2v) is 5.43. The molecule has 0 unspecified atom stereocenters. The molecule has 0 saturated carbocycles. The van der Waals surface area contributed by atoms with Crippen LogP contribution in [-0.2, 0) is 4.79 Å². The van der Waals surface area contributed by atoms with E-state index < -0.39 is 0 Å². The van der Waals surface area contributed by atoms with Crippen molar-refractivity contribution in [3.8, 4) is 0 Å². The van der Waals surface area contributed by atoms with E-state index in [1.807, 2.05) is 19.1 Å². The number of aryl methyl sites for hydroxylation is 1. The van der Waals surface area contributed by atoms with Crippen LogP contribution in [-0.4, -0.2) is 12.6 Å². The van der Waals surface area contributed by atoms with Gasteiger partial charge in [0, 0.05) is 12.0 Å². The average Bonchev–Trinajstić information content (AvgIpc) is 2.43. The summed E-state index contributed by atoms with van der Waals surface area (Å²) in [4.78, 5) is 21.6. The Morgan fingerprint density at radius 1 is 1.05 bits per heavy atom. The van der Waals surface area contributed by atoms with Crippen LogP contribution in [0.1, 0.15) is 72.5 Å². The molecule has 2 heteroatoms. The number of allylic oxidation sites excluding steroid dienone is 1. The van der Waals surface area contributed by atoms with E-state index in [0.717, 1.165) is 54.1 Å². The average molecular weight is 272 g/mol. The molecule has 1 rings (SSSR count). The number of rotatable bonds is 8. The van der Waals surface area contributed by atoms with Crippen LogP contribution in [0.15, 0.2) is 18.2 Å². The molecule has 0 aromatic heterocycles. The Balaban J connectivity index is 2.87. The highest BCUT2D eigenvalue weighted by atomic mass is 16.1. The van der Waals surface area contributed by atoms with Gasteiger partial charge in [-0.2, -0.15) is 0 Å². The molecule has 0 spiro atoms. The minimum Gasteiger partial charge on any atom is -0.303 e. The van der Waals surface area contributed by atoms with Gasteiger partial charge >= 0.3 is 0 Å². The van der Waals surface area contributed by atoms with E-state index in [0.29, 0.717) is 12.3 Å². The Morgan fingerprint density at radius 2 is 1.75 bits per heavy atom. The maximum atomic E-state index is 11.4. The zero-order valence-electron chi connectivity index (χ0n) is 12.7. The SMILES string of the molecule is Cc1ccc(C(C)C)c(C=O)c1/C=C\CCCCC=O. The quantitative estimate of drug-likeness (QED) is 0.507. The van der Waals surface area contributed by atoms with Gasteiger partial charge < -0.3 is 4.79 Å². The smallest absolute Gasteiger partial charge is 0.150 e. The van der Waals surface area contributed by atoms with Crippen molar-refractivity contribution in [3.63, 3.8) is 0 Å². The van der Waals surface area contributed by atoms with Crippen molar-refractivity contribution in [2.45, 2.75) is 52.4 Å². The van der Waals surface area contributed by atoms with Gasteiger partial charge in [-0.15, -0.1) is 0 Å².